The Morgan fingerprint density at radius 3 is 2.47 bits per heavy atom. The van der Waals surface area contributed by atoms with Crippen LogP contribution >= 0.6 is 0 Å². The molecule has 0 aliphatic rings. The van der Waals surface area contributed by atoms with Crippen LogP contribution in [0.3, 0.4) is 0 Å². The van der Waals surface area contributed by atoms with Crippen molar-refractivity contribution in [2.24, 2.45) is 0 Å². The quantitative estimate of drug-likeness (QED) is 0.777. The molecule has 1 rings (SSSR count). The number of hydrogen-bond acceptors (Lipinski definition) is 4. The summed E-state index contributed by atoms with van der Waals surface area (Å²) >= 11 is 0. The van der Waals surface area contributed by atoms with Gasteiger partial charge in [0.05, 0.1) is 19.1 Å². The van der Waals surface area contributed by atoms with Crippen molar-refractivity contribution in [2.45, 2.75) is 4.90 Å². The molecule has 0 radical (unpaired) electrons. The summed E-state index contributed by atoms with van der Waals surface area (Å²) in [6.45, 7) is 3.62. The van der Waals surface area contributed by atoms with Crippen molar-refractivity contribution >= 4 is 10.0 Å². The molecular formula is C11H15NO4S. The number of sulfonamides is 1. The molecule has 6 heteroatoms. The fraction of sp³-hybridized carbons (Fsp3) is 0.273. The lowest BCUT2D eigenvalue weighted by Crippen LogP contribution is -2.23. The van der Waals surface area contributed by atoms with Crippen molar-refractivity contribution in [1.82, 2.24) is 4.72 Å². The maximum absolute atomic E-state index is 11.8. The predicted octanol–water partition coefficient (Wildman–Crippen LogP) is 1.17. The molecule has 0 saturated heterocycles. The van der Waals surface area contributed by atoms with Gasteiger partial charge in [0.1, 0.15) is 0 Å². The minimum atomic E-state index is -3.54. The Bertz CT molecular complexity index is 496. The lowest BCUT2D eigenvalue weighted by molar-refractivity contribution is 0.354. The van der Waals surface area contributed by atoms with Crippen LogP contribution in [-0.2, 0) is 10.0 Å². The Morgan fingerprint density at radius 2 is 1.94 bits per heavy atom. The second kappa shape index (κ2) is 5.70. The molecule has 0 aromatic heterocycles. The van der Waals surface area contributed by atoms with E-state index in [1.165, 1.54) is 32.4 Å². The molecule has 0 bridgehead atoms. The van der Waals surface area contributed by atoms with E-state index in [4.69, 9.17) is 9.47 Å². The Labute approximate surface area is 101 Å². The van der Waals surface area contributed by atoms with Crippen LogP contribution in [0.2, 0.25) is 0 Å². The number of benzene rings is 1. The summed E-state index contributed by atoms with van der Waals surface area (Å²) in [6, 6.07) is 4.40. The fourth-order valence-electron chi connectivity index (χ4n) is 1.24. The van der Waals surface area contributed by atoms with E-state index in [-0.39, 0.29) is 11.4 Å². The largest absolute Gasteiger partial charge is 0.493 e. The molecule has 94 valence electrons. The van der Waals surface area contributed by atoms with Crippen molar-refractivity contribution in [3.8, 4) is 11.5 Å². The molecule has 1 N–H and O–H groups in total. The van der Waals surface area contributed by atoms with Crippen LogP contribution in [-0.4, -0.2) is 29.2 Å². The molecule has 0 amide bonds. The Kier molecular flexibility index (Phi) is 4.53. The smallest absolute Gasteiger partial charge is 0.240 e. The monoisotopic (exact) mass is 257 g/mol. The highest BCUT2D eigenvalue weighted by molar-refractivity contribution is 7.89. The molecule has 0 unspecified atom stereocenters. The Balaban J connectivity index is 3.11. The third-order valence-electron chi connectivity index (χ3n) is 2.08. The van der Waals surface area contributed by atoms with E-state index in [1.54, 1.807) is 6.07 Å². The summed E-state index contributed by atoms with van der Waals surface area (Å²) in [6.07, 6.45) is 1.47. The molecule has 1 aromatic rings. The van der Waals surface area contributed by atoms with Crippen molar-refractivity contribution in [3.63, 3.8) is 0 Å². The molecule has 0 spiro atoms. The highest BCUT2D eigenvalue weighted by Gasteiger charge is 2.15. The average Bonchev–Trinajstić information content (AvgIpc) is 2.35. The van der Waals surface area contributed by atoms with Crippen LogP contribution in [0.4, 0.5) is 0 Å². The molecule has 0 saturated carbocycles. The summed E-state index contributed by atoms with van der Waals surface area (Å²) in [4.78, 5) is 0.122. The zero-order valence-corrected chi connectivity index (χ0v) is 10.6. The molecule has 17 heavy (non-hydrogen) atoms. The summed E-state index contributed by atoms with van der Waals surface area (Å²) in [5.41, 5.74) is 0. The second-order valence-electron chi connectivity index (χ2n) is 3.16. The topological polar surface area (TPSA) is 64.6 Å². The number of nitrogens with one attached hydrogen (secondary N) is 1. The van der Waals surface area contributed by atoms with Crippen LogP contribution in [0.25, 0.3) is 0 Å². The van der Waals surface area contributed by atoms with Gasteiger partial charge in [0.15, 0.2) is 11.5 Å². The van der Waals surface area contributed by atoms with Gasteiger partial charge in [-0.3, -0.25) is 0 Å². The minimum absolute atomic E-state index is 0.122. The van der Waals surface area contributed by atoms with Gasteiger partial charge in [-0.2, -0.15) is 0 Å². The summed E-state index contributed by atoms with van der Waals surface area (Å²) in [5.74, 6) is 0.851. The van der Waals surface area contributed by atoms with Gasteiger partial charge in [-0.1, -0.05) is 6.08 Å². The van der Waals surface area contributed by atoms with Crippen LogP contribution in [0, 0.1) is 0 Å². The minimum Gasteiger partial charge on any atom is -0.493 e. The van der Waals surface area contributed by atoms with E-state index < -0.39 is 10.0 Å². The van der Waals surface area contributed by atoms with Crippen LogP contribution in [0.5, 0.6) is 11.5 Å². The summed E-state index contributed by atoms with van der Waals surface area (Å²) in [7, 11) is -0.599. The van der Waals surface area contributed by atoms with E-state index in [2.05, 4.69) is 11.3 Å². The van der Waals surface area contributed by atoms with Gasteiger partial charge in [-0.15, -0.1) is 6.58 Å². The predicted molar refractivity (Wildman–Crippen MR) is 64.9 cm³/mol. The lowest BCUT2D eigenvalue weighted by Gasteiger charge is -2.10. The van der Waals surface area contributed by atoms with Gasteiger partial charge in [0.25, 0.3) is 0 Å². The van der Waals surface area contributed by atoms with Crippen LogP contribution < -0.4 is 14.2 Å². The first-order chi connectivity index (χ1) is 8.05. The van der Waals surface area contributed by atoms with Crippen molar-refractivity contribution in [1.29, 1.82) is 0 Å². The van der Waals surface area contributed by atoms with Gasteiger partial charge in [-0.25, -0.2) is 13.1 Å². The molecule has 5 nitrogen and oxygen atoms in total. The van der Waals surface area contributed by atoms with Gasteiger partial charge in [0.2, 0.25) is 10.0 Å². The number of methoxy groups -OCH3 is 2. The number of hydrogen-bond donors (Lipinski definition) is 1. The molecule has 0 fully saturated rings. The van der Waals surface area contributed by atoms with E-state index in [1.807, 2.05) is 0 Å². The summed E-state index contributed by atoms with van der Waals surface area (Å²) < 4.78 is 36.0. The van der Waals surface area contributed by atoms with E-state index in [0.717, 1.165) is 0 Å². The maximum Gasteiger partial charge on any atom is 0.240 e. The third-order valence-corrected chi connectivity index (χ3v) is 3.50. The van der Waals surface area contributed by atoms with Gasteiger partial charge in [-0.05, 0) is 12.1 Å². The zero-order valence-electron chi connectivity index (χ0n) is 9.76. The fourth-order valence-corrected chi connectivity index (χ4v) is 2.25. The van der Waals surface area contributed by atoms with E-state index in [9.17, 15) is 8.42 Å². The average molecular weight is 257 g/mol. The van der Waals surface area contributed by atoms with Crippen LogP contribution in [0.1, 0.15) is 0 Å². The molecule has 0 heterocycles. The highest BCUT2D eigenvalue weighted by Crippen LogP contribution is 2.29. The van der Waals surface area contributed by atoms with Crippen molar-refractivity contribution < 1.29 is 17.9 Å². The zero-order chi connectivity index (χ0) is 12.9. The standard InChI is InChI=1S/C11H15NO4S/c1-4-7-12-17(13,14)9-5-6-10(15-2)11(8-9)16-3/h4-6,8,12H,1,7H2,2-3H3. The SMILES string of the molecule is C=CCNS(=O)(=O)c1ccc(OC)c(OC)c1. The molecule has 1 aromatic carbocycles. The Morgan fingerprint density at radius 1 is 1.29 bits per heavy atom. The van der Waals surface area contributed by atoms with Gasteiger partial charge >= 0.3 is 0 Å². The third kappa shape index (κ3) is 3.21. The molecule has 0 atom stereocenters. The van der Waals surface area contributed by atoms with E-state index >= 15 is 0 Å². The highest BCUT2D eigenvalue weighted by atomic mass is 32.2. The Hall–Kier alpha value is -1.53. The number of rotatable bonds is 6. The number of ether oxygens (including phenoxy) is 2. The van der Waals surface area contributed by atoms with Crippen molar-refractivity contribution in [2.75, 3.05) is 20.8 Å². The molecule has 0 aliphatic carbocycles. The lowest BCUT2D eigenvalue weighted by atomic mass is 10.3. The maximum atomic E-state index is 11.8. The van der Waals surface area contributed by atoms with Crippen molar-refractivity contribution in [3.05, 3.63) is 30.9 Å². The van der Waals surface area contributed by atoms with E-state index in [0.29, 0.717) is 11.5 Å². The van der Waals surface area contributed by atoms with Gasteiger partial charge < -0.3 is 9.47 Å². The molecular weight excluding hydrogens is 242 g/mol. The first-order valence-corrected chi connectivity index (χ1v) is 6.36. The first kappa shape index (κ1) is 13.5. The normalized spacial score (nSPS) is 10.9. The first-order valence-electron chi connectivity index (χ1n) is 4.87. The van der Waals surface area contributed by atoms with Crippen LogP contribution in [0.15, 0.2) is 35.7 Å². The van der Waals surface area contributed by atoms with Gasteiger partial charge in [0, 0.05) is 12.6 Å². The summed E-state index contributed by atoms with van der Waals surface area (Å²) in [5, 5.41) is 0. The second-order valence-corrected chi connectivity index (χ2v) is 4.92. The molecule has 0 aliphatic heterocycles.